The van der Waals surface area contributed by atoms with Crippen LogP contribution in [0.15, 0.2) is 41.7 Å². The number of rotatable bonds is 8. The minimum atomic E-state index is 0.0335. The molecule has 1 aromatic carbocycles. The lowest BCUT2D eigenvalue weighted by Gasteiger charge is -2.29. The van der Waals surface area contributed by atoms with Crippen LogP contribution in [0.5, 0.6) is 0 Å². The van der Waals surface area contributed by atoms with Gasteiger partial charge in [-0.25, -0.2) is 15.0 Å². The smallest absolute Gasteiger partial charge is 0.230 e. The summed E-state index contributed by atoms with van der Waals surface area (Å²) in [5.41, 5.74) is 1.86. The van der Waals surface area contributed by atoms with Gasteiger partial charge in [-0.3, -0.25) is 4.79 Å². The molecule has 9 heteroatoms. The number of hydrogen-bond donors (Lipinski definition) is 2. The summed E-state index contributed by atoms with van der Waals surface area (Å²) in [6.45, 7) is 2.64. The number of aromatic nitrogens is 4. The van der Waals surface area contributed by atoms with Gasteiger partial charge in [0.25, 0.3) is 0 Å². The summed E-state index contributed by atoms with van der Waals surface area (Å²) in [6, 6.07) is 10.3. The van der Waals surface area contributed by atoms with Gasteiger partial charge in [-0.15, -0.1) is 0 Å². The van der Waals surface area contributed by atoms with Crippen LogP contribution in [-0.4, -0.2) is 58.3 Å². The summed E-state index contributed by atoms with van der Waals surface area (Å²) in [7, 11) is 4.01. The predicted octanol–water partition coefficient (Wildman–Crippen LogP) is 3.67. The molecular formula is C24H31N7OS. The van der Waals surface area contributed by atoms with Crippen molar-refractivity contribution >= 4 is 40.3 Å². The van der Waals surface area contributed by atoms with Crippen molar-refractivity contribution in [2.45, 2.75) is 43.8 Å². The van der Waals surface area contributed by atoms with E-state index in [1.165, 1.54) is 11.8 Å². The van der Waals surface area contributed by atoms with E-state index in [9.17, 15) is 4.79 Å². The summed E-state index contributed by atoms with van der Waals surface area (Å²) in [6.07, 6.45) is 5.94. The summed E-state index contributed by atoms with van der Waals surface area (Å²) >= 11 is 1.37. The van der Waals surface area contributed by atoms with E-state index in [-0.39, 0.29) is 5.91 Å². The van der Waals surface area contributed by atoms with Crippen molar-refractivity contribution in [1.29, 1.82) is 0 Å². The van der Waals surface area contributed by atoms with Crippen molar-refractivity contribution < 1.29 is 4.79 Å². The molecular weight excluding hydrogens is 434 g/mol. The normalized spacial score (nSPS) is 18.2. The number of fused-ring (bicyclic) bond motifs is 1. The summed E-state index contributed by atoms with van der Waals surface area (Å²) in [4.78, 5) is 32.2. The van der Waals surface area contributed by atoms with E-state index in [2.05, 4.69) is 26.7 Å². The lowest BCUT2D eigenvalue weighted by atomic mass is 9.86. The standard InChI is InChI=1S/C24H31N7OS/c1-16-12-13-25-24(27-16)33-15-21(32)26-14-17-8-10-18(11-9-17)28-23-29-20-7-5-4-6-19(20)22(30-23)31(2)3/h4-7,12-13,17-18H,8-11,14-15H2,1-3H3,(H,26,32)(H,28,29,30)/t17-,18+. The van der Waals surface area contributed by atoms with Gasteiger partial charge >= 0.3 is 0 Å². The second kappa shape index (κ2) is 10.8. The van der Waals surface area contributed by atoms with Crippen molar-refractivity contribution in [3.8, 4) is 0 Å². The van der Waals surface area contributed by atoms with Crippen LogP contribution in [0.1, 0.15) is 31.4 Å². The SMILES string of the molecule is Cc1ccnc(SCC(=O)NC[C@H]2CC[C@@H](Nc3nc(N(C)C)c4ccccc4n3)CC2)n1. The first kappa shape index (κ1) is 23.2. The summed E-state index contributed by atoms with van der Waals surface area (Å²) in [5.74, 6) is 2.49. The molecule has 0 bridgehead atoms. The molecule has 8 nitrogen and oxygen atoms in total. The average Bonchev–Trinajstić information content (AvgIpc) is 2.82. The summed E-state index contributed by atoms with van der Waals surface area (Å²) in [5, 5.41) is 8.32. The Labute approximate surface area is 199 Å². The first-order valence-corrected chi connectivity index (χ1v) is 12.4. The molecule has 0 aliphatic heterocycles. The molecule has 1 amide bonds. The number of thioether (sulfide) groups is 1. The zero-order valence-corrected chi connectivity index (χ0v) is 20.2. The van der Waals surface area contributed by atoms with Gasteiger partial charge in [0.15, 0.2) is 5.16 Å². The maximum Gasteiger partial charge on any atom is 0.230 e. The van der Waals surface area contributed by atoms with E-state index in [0.29, 0.717) is 28.8 Å². The fourth-order valence-electron chi connectivity index (χ4n) is 4.09. The molecule has 2 aromatic heterocycles. The fourth-order valence-corrected chi connectivity index (χ4v) is 4.80. The molecule has 2 N–H and O–H groups in total. The number of nitrogens with zero attached hydrogens (tertiary/aromatic N) is 5. The van der Waals surface area contributed by atoms with Gasteiger partial charge in [-0.05, 0) is 56.7 Å². The second-order valence-electron chi connectivity index (χ2n) is 8.72. The van der Waals surface area contributed by atoms with Gasteiger partial charge in [-0.2, -0.15) is 4.98 Å². The largest absolute Gasteiger partial charge is 0.362 e. The van der Waals surface area contributed by atoms with Crippen molar-refractivity contribution in [1.82, 2.24) is 25.3 Å². The molecule has 1 saturated carbocycles. The van der Waals surface area contributed by atoms with Crippen LogP contribution in [0.25, 0.3) is 10.9 Å². The molecule has 4 rings (SSSR count). The molecule has 2 heterocycles. The van der Waals surface area contributed by atoms with Gasteiger partial charge in [0, 0.05) is 44.0 Å². The Kier molecular flexibility index (Phi) is 7.59. The van der Waals surface area contributed by atoms with Crippen molar-refractivity contribution in [3.63, 3.8) is 0 Å². The van der Waals surface area contributed by atoms with Crippen LogP contribution in [0.4, 0.5) is 11.8 Å². The van der Waals surface area contributed by atoms with Crippen LogP contribution in [0, 0.1) is 12.8 Å². The molecule has 3 aromatic rings. The third-order valence-electron chi connectivity index (χ3n) is 5.88. The lowest BCUT2D eigenvalue weighted by molar-refractivity contribution is -0.118. The van der Waals surface area contributed by atoms with Crippen molar-refractivity contribution in [2.75, 3.05) is 36.6 Å². The highest BCUT2D eigenvalue weighted by Gasteiger charge is 2.22. The molecule has 0 spiro atoms. The maximum absolute atomic E-state index is 12.2. The first-order chi connectivity index (χ1) is 16.0. The molecule has 0 saturated heterocycles. The quantitative estimate of drug-likeness (QED) is 0.384. The number of hydrogen-bond acceptors (Lipinski definition) is 8. The molecule has 0 atom stereocenters. The Hall–Kier alpha value is -2.94. The van der Waals surface area contributed by atoms with E-state index < -0.39 is 0 Å². The number of anilines is 2. The van der Waals surface area contributed by atoms with E-state index in [0.717, 1.165) is 54.6 Å². The predicted molar refractivity (Wildman–Crippen MR) is 134 cm³/mol. The number of benzene rings is 1. The molecule has 0 radical (unpaired) electrons. The van der Waals surface area contributed by atoms with Gasteiger partial charge < -0.3 is 15.5 Å². The fraction of sp³-hybridized carbons (Fsp3) is 0.458. The van der Waals surface area contributed by atoms with Crippen LogP contribution >= 0.6 is 11.8 Å². The highest BCUT2D eigenvalue weighted by atomic mass is 32.2. The number of carbonyl (C=O) groups is 1. The van der Waals surface area contributed by atoms with Crippen LogP contribution in [-0.2, 0) is 4.79 Å². The maximum atomic E-state index is 12.2. The van der Waals surface area contributed by atoms with E-state index in [1.807, 2.05) is 50.2 Å². The third-order valence-corrected chi connectivity index (χ3v) is 6.74. The number of amides is 1. The van der Waals surface area contributed by atoms with E-state index in [1.54, 1.807) is 6.20 Å². The second-order valence-corrected chi connectivity index (χ2v) is 9.66. The zero-order valence-electron chi connectivity index (χ0n) is 19.4. The Morgan fingerprint density at radius 3 is 2.64 bits per heavy atom. The van der Waals surface area contributed by atoms with E-state index >= 15 is 0 Å². The molecule has 0 unspecified atom stereocenters. The van der Waals surface area contributed by atoms with Crippen LogP contribution in [0.3, 0.4) is 0 Å². The monoisotopic (exact) mass is 465 g/mol. The van der Waals surface area contributed by atoms with Crippen molar-refractivity contribution in [3.05, 3.63) is 42.2 Å². The number of nitrogens with one attached hydrogen (secondary N) is 2. The zero-order chi connectivity index (χ0) is 23.2. The molecule has 1 aliphatic rings. The number of aryl methyl sites for hydroxylation is 1. The van der Waals surface area contributed by atoms with Crippen LogP contribution < -0.4 is 15.5 Å². The topological polar surface area (TPSA) is 95.9 Å². The lowest BCUT2D eigenvalue weighted by Crippen LogP contribution is -2.35. The van der Waals surface area contributed by atoms with Gasteiger partial charge in [0.2, 0.25) is 11.9 Å². The molecule has 1 fully saturated rings. The van der Waals surface area contributed by atoms with Gasteiger partial charge in [0.1, 0.15) is 5.82 Å². The summed E-state index contributed by atoms with van der Waals surface area (Å²) < 4.78 is 0. The first-order valence-electron chi connectivity index (χ1n) is 11.4. The minimum Gasteiger partial charge on any atom is -0.362 e. The molecule has 1 aliphatic carbocycles. The molecule has 33 heavy (non-hydrogen) atoms. The van der Waals surface area contributed by atoms with E-state index in [4.69, 9.17) is 9.97 Å². The Bertz CT molecular complexity index is 1100. The third kappa shape index (κ3) is 6.31. The van der Waals surface area contributed by atoms with Crippen molar-refractivity contribution in [2.24, 2.45) is 5.92 Å². The Morgan fingerprint density at radius 2 is 1.88 bits per heavy atom. The highest BCUT2D eigenvalue weighted by Crippen LogP contribution is 2.28. The number of carbonyl (C=O) groups excluding carboxylic acids is 1. The average molecular weight is 466 g/mol. The highest BCUT2D eigenvalue weighted by molar-refractivity contribution is 7.99. The van der Waals surface area contributed by atoms with Gasteiger partial charge in [-0.1, -0.05) is 23.9 Å². The number of para-hydroxylation sites is 1. The Balaban J connectivity index is 1.23. The Morgan fingerprint density at radius 1 is 1.09 bits per heavy atom. The molecule has 174 valence electrons. The minimum absolute atomic E-state index is 0.0335. The van der Waals surface area contributed by atoms with Gasteiger partial charge in [0.05, 0.1) is 11.3 Å². The van der Waals surface area contributed by atoms with Crippen LogP contribution in [0.2, 0.25) is 0 Å².